The van der Waals surface area contributed by atoms with Crippen LogP contribution in [-0.4, -0.2) is 30.3 Å². The lowest BCUT2D eigenvalue weighted by Gasteiger charge is -2.09. The molecule has 0 saturated heterocycles. The lowest BCUT2D eigenvalue weighted by atomic mass is 10.1. The Hall–Kier alpha value is -2.15. The molecule has 7 heteroatoms. The highest BCUT2D eigenvalue weighted by atomic mass is 32.1. The Morgan fingerprint density at radius 1 is 1.22 bits per heavy atom. The fourth-order valence-corrected chi connectivity index (χ4v) is 2.76. The number of amides is 1. The molecule has 0 fully saturated rings. The van der Waals surface area contributed by atoms with Gasteiger partial charge in [-0.3, -0.25) is 4.79 Å². The van der Waals surface area contributed by atoms with Gasteiger partial charge < -0.3 is 14.8 Å². The summed E-state index contributed by atoms with van der Waals surface area (Å²) < 4.78 is 10.5. The molecule has 1 amide bonds. The molecule has 1 aromatic heterocycles. The van der Waals surface area contributed by atoms with E-state index in [-0.39, 0.29) is 5.91 Å². The Labute approximate surface area is 139 Å². The van der Waals surface area contributed by atoms with Gasteiger partial charge in [0.1, 0.15) is 5.01 Å². The van der Waals surface area contributed by atoms with E-state index >= 15 is 0 Å². The van der Waals surface area contributed by atoms with Crippen LogP contribution in [0.15, 0.2) is 18.2 Å². The molecule has 2 aromatic rings. The Kier molecular flexibility index (Phi) is 5.92. The second-order valence-corrected chi connectivity index (χ2v) is 6.35. The van der Waals surface area contributed by atoms with Crippen LogP contribution in [-0.2, 0) is 11.2 Å². The van der Waals surface area contributed by atoms with E-state index in [1.54, 1.807) is 14.2 Å². The summed E-state index contributed by atoms with van der Waals surface area (Å²) in [5, 5.41) is 12.3. The van der Waals surface area contributed by atoms with Gasteiger partial charge in [-0.25, -0.2) is 0 Å². The maximum atomic E-state index is 12.0. The van der Waals surface area contributed by atoms with Crippen LogP contribution in [0.1, 0.15) is 36.8 Å². The summed E-state index contributed by atoms with van der Waals surface area (Å²) in [6.07, 6.45) is 0.980. The number of hydrogen-bond donors (Lipinski definition) is 1. The molecule has 1 aromatic carbocycles. The van der Waals surface area contributed by atoms with E-state index in [1.807, 2.05) is 32.0 Å². The molecule has 6 nitrogen and oxygen atoms in total. The SMILES string of the molecule is COc1ccc(CCC(=O)Nc2nnc(C(C)C)s2)cc1OC. The highest BCUT2D eigenvalue weighted by Gasteiger charge is 2.11. The first-order chi connectivity index (χ1) is 11.0. The van der Waals surface area contributed by atoms with Gasteiger partial charge in [-0.15, -0.1) is 10.2 Å². The Morgan fingerprint density at radius 3 is 2.57 bits per heavy atom. The maximum absolute atomic E-state index is 12.0. The molecule has 0 bridgehead atoms. The average Bonchev–Trinajstić information content (AvgIpc) is 3.01. The highest BCUT2D eigenvalue weighted by molar-refractivity contribution is 7.15. The summed E-state index contributed by atoms with van der Waals surface area (Å²) in [6, 6.07) is 5.65. The third kappa shape index (κ3) is 4.66. The number of benzene rings is 1. The molecular weight excluding hydrogens is 314 g/mol. The zero-order chi connectivity index (χ0) is 16.8. The van der Waals surface area contributed by atoms with Crippen molar-refractivity contribution in [3.8, 4) is 11.5 Å². The summed E-state index contributed by atoms with van der Waals surface area (Å²) in [7, 11) is 3.19. The van der Waals surface area contributed by atoms with Crippen LogP contribution in [0.5, 0.6) is 11.5 Å². The fourth-order valence-electron chi connectivity index (χ4n) is 1.99. The van der Waals surface area contributed by atoms with Crippen molar-refractivity contribution >= 4 is 22.4 Å². The largest absolute Gasteiger partial charge is 0.493 e. The quantitative estimate of drug-likeness (QED) is 0.841. The lowest BCUT2D eigenvalue weighted by Crippen LogP contribution is -2.12. The van der Waals surface area contributed by atoms with E-state index in [1.165, 1.54) is 11.3 Å². The van der Waals surface area contributed by atoms with Crippen LogP contribution in [0.4, 0.5) is 5.13 Å². The summed E-state index contributed by atoms with van der Waals surface area (Å²) in [5.74, 6) is 1.57. The molecule has 0 aliphatic heterocycles. The van der Waals surface area contributed by atoms with E-state index < -0.39 is 0 Å². The molecule has 23 heavy (non-hydrogen) atoms. The van der Waals surface area contributed by atoms with Crippen molar-refractivity contribution in [3.05, 3.63) is 28.8 Å². The maximum Gasteiger partial charge on any atom is 0.226 e. The van der Waals surface area contributed by atoms with Crippen LogP contribution in [0.2, 0.25) is 0 Å². The number of hydrogen-bond acceptors (Lipinski definition) is 6. The number of aromatic nitrogens is 2. The second-order valence-electron chi connectivity index (χ2n) is 5.34. The van der Waals surface area contributed by atoms with Gasteiger partial charge in [-0.1, -0.05) is 31.3 Å². The van der Waals surface area contributed by atoms with Crippen LogP contribution >= 0.6 is 11.3 Å². The molecule has 0 unspecified atom stereocenters. The molecule has 1 heterocycles. The third-order valence-corrected chi connectivity index (χ3v) is 4.41. The molecule has 0 aliphatic carbocycles. The van der Waals surface area contributed by atoms with Crippen LogP contribution in [0, 0.1) is 0 Å². The van der Waals surface area contributed by atoms with Crippen molar-refractivity contribution in [1.82, 2.24) is 10.2 Å². The normalized spacial score (nSPS) is 10.7. The van der Waals surface area contributed by atoms with Crippen molar-refractivity contribution in [3.63, 3.8) is 0 Å². The second kappa shape index (κ2) is 7.92. The van der Waals surface area contributed by atoms with Crippen molar-refractivity contribution in [2.75, 3.05) is 19.5 Å². The molecular formula is C16H21N3O3S. The van der Waals surface area contributed by atoms with Gasteiger partial charge in [0.25, 0.3) is 0 Å². The minimum atomic E-state index is -0.0776. The zero-order valence-electron chi connectivity index (χ0n) is 13.8. The van der Waals surface area contributed by atoms with Gasteiger partial charge in [-0.2, -0.15) is 0 Å². The minimum Gasteiger partial charge on any atom is -0.493 e. The van der Waals surface area contributed by atoms with Gasteiger partial charge in [0.15, 0.2) is 11.5 Å². The summed E-state index contributed by atoms with van der Waals surface area (Å²) >= 11 is 1.41. The first-order valence-electron chi connectivity index (χ1n) is 7.37. The summed E-state index contributed by atoms with van der Waals surface area (Å²) in [5.41, 5.74) is 1.01. The predicted octanol–water partition coefficient (Wildman–Crippen LogP) is 3.25. The van der Waals surface area contributed by atoms with E-state index in [9.17, 15) is 4.79 Å². The number of nitrogens with one attached hydrogen (secondary N) is 1. The first-order valence-corrected chi connectivity index (χ1v) is 8.19. The van der Waals surface area contributed by atoms with E-state index in [2.05, 4.69) is 15.5 Å². The minimum absolute atomic E-state index is 0.0776. The number of carbonyl (C=O) groups is 1. The molecule has 1 N–H and O–H groups in total. The third-order valence-electron chi connectivity index (χ3n) is 3.27. The van der Waals surface area contributed by atoms with E-state index in [0.29, 0.717) is 35.4 Å². The molecule has 0 spiro atoms. The molecule has 124 valence electrons. The standard InChI is InChI=1S/C16H21N3O3S/c1-10(2)15-18-19-16(23-15)17-14(20)8-6-11-5-7-12(21-3)13(9-11)22-4/h5,7,9-10H,6,8H2,1-4H3,(H,17,19,20). The Balaban J connectivity index is 1.91. The molecule has 0 atom stereocenters. The molecule has 2 rings (SSSR count). The topological polar surface area (TPSA) is 73.3 Å². The predicted molar refractivity (Wildman–Crippen MR) is 90.5 cm³/mol. The fraction of sp³-hybridized carbons (Fsp3) is 0.438. The monoisotopic (exact) mass is 335 g/mol. The number of carbonyl (C=O) groups excluding carboxylic acids is 1. The van der Waals surface area contributed by atoms with E-state index in [0.717, 1.165) is 10.6 Å². The zero-order valence-corrected chi connectivity index (χ0v) is 14.6. The van der Waals surface area contributed by atoms with Gasteiger partial charge in [-0.05, 0) is 24.1 Å². The van der Waals surface area contributed by atoms with Crippen LogP contribution in [0.25, 0.3) is 0 Å². The number of ether oxygens (including phenoxy) is 2. The molecule has 0 aliphatic rings. The van der Waals surface area contributed by atoms with Gasteiger partial charge in [0.2, 0.25) is 11.0 Å². The summed E-state index contributed by atoms with van der Waals surface area (Å²) in [4.78, 5) is 12.0. The lowest BCUT2D eigenvalue weighted by molar-refractivity contribution is -0.116. The molecule has 0 radical (unpaired) electrons. The first kappa shape index (κ1) is 17.2. The van der Waals surface area contributed by atoms with Crippen LogP contribution in [0.3, 0.4) is 0 Å². The van der Waals surface area contributed by atoms with Crippen molar-refractivity contribution in [2.45, 2.75) is 32.6 Å². The Morgan fingerprint density at radius 2 is 1.96 bits per heavy atom. The summed E-state index contributed by atoms with van der Waals surface area (Å²) in [6.45, 7) is 4.09. The molecule has 0 saturated carbocycles. The number of methoxy groups -OCH3 is 2. The van der Waals surface area contributed by atoms with Gasteiger partial charge in [0.05, 0.1) is 14.2 Å². The van der Waals surface area contributed by atoms with Gasteiger partial charge >= 0.3 is 0 Å². The van der Waals surface area contributed by atoms with Gasteiger partial charge in [0, 0.05) is 12.3 Å². The van der Waals surface area contributed by atoms with Crippen molar-refractivity contribution in [2.24, 2.45) is 0 Å². The number of aryl methyl sites for hydroxylation is 1. The average molecular weight is 335 g/mol. The van der Waals surface area contributed by atoms with E-state index in [4.69, 9.17) is 9.47 Å². The van der Waals surface area contributed by atoms with Crippen LogP contribution < -0.4 is 14.8 Å². The number of anilines is 1. The smallest absolute Gasteiger partial charge is 0.226 e. The van der Waals surface area contributed by atoms with Crippen molar-refractivity contribution in [1.29, 1.82) is 0 Å². The number of nitrogens with zero attached hydrogens (tertiary/aromatic N) is 2. The van der Waals surface area contributed by atoms with Crippen molar-refractivity contribution < 1.29 is 14.3 Å². The Bertz CT molecular complexity index is 670. The number of rotatable bonds is 7. The highest BCUT2D eigenvalue weighted by Crippen LogP contribution is 2.28.